The van der Waals surface area contributed by atoms with Gasteiger partial charge in [-0.25, -0.2) is 4.79 Å². The minimum absolute atomic E-state index is 0.139. The Labute approximate surface area is 166 Å². The summed E-state index contributed by atoms with van der Waals surface area (Å²) in [5, 5.41) is 0. The van der Waals surface area contributed by atoms with E-state index in [1.165, 1.54) is 4.90 Å². The first-order chi connectivity index (χ1) is 13.3. The predicted molar refractivity (Wildman–Crippen MR) is 106 cm³/mol. The second-order valence-electron chi connectivity index (χ2n) is 8.67. The van der Waals surface area contributed by atoms with E-state index in [0.717, 1.165) is 25.7 Å². The average molecular weight is 386 g/mol. The number of nitrogens with zero attached hydrogens (tertiary/aromatic N) is 2. The fourth-order valence-corrected chi connectivity index (χ4v) is 3.80. The molecule has 0 bridgehead atoms. The SMILES string of the molecule is CC(C)(C)OC(=O)N1CCC(C/C=C/CN2C(=O)C3=C(CCC=C3)C2=O)CC1. The second-order valence-corrected chi connectivity index (χ2v) is 8.67. The van der Waals surface area contributed by atoms with Crippen molar-refractivity contribution < 1.29 is 19.1 Å². The number of carbonyl (C=O) groups excluding carboxylic acids is 3. The number of ether oxygens (including phenoxy) is 1. The number of piperidine rings is 1. The van der Waals surface area contributed by atoms with Crippen LogP contribution in [0.3, 0.4) is 0 Å². The maximum Gasteiger partial charge on any atom is 0.410 e. The average Bonchev–Trinajstić information content (AvgIpc) is 2.89. The lowest BCUT2D eigenvalue weighted by atomic mass is 9.93. The van der Waals surface area contributed by atoms with Gasteiger partial charge in [0.2, 0.25) is 0 Å². The number of likely N-dealkylation sites (tertiary alicyclic amines) is 1. The van der Waals surface area contributed by atoms with Crippen LogP contribution in [-0.2, 0) is 14.3 Å². The van der Waals surface area contributed by atoms with Gasteiger partial charge >= 0.3 is 6.09 Å². The van der Waals surface area contributed by atoms with Gasteiger partial charge in [0, 0.05) is 30.8 Å². The summed E-state index contributed by atoms with van der Waals surface area (Å²) < 4.78 is 5.42. The number of hydrogen-bond acceptors (Lipinski definition) is 4. The topological polar surface area (TPSA) is 66.9 Å². The predicted octanol–water partition coefficient (Wildman–Crippen LogP) is 3.60. The molecule has 6 nitrogen and oxygen atoms in total. The maximum atomic E-state index is 12.4. The molecule has 0 aromatic carbocycles. The lowest BCUT2D eigenvalue weighted by molar-refractivity contribution is -0.136. The van der Waals surface area contributed by atoms with Crippen LogP contribution in [0.15, 0.2) is 35.5 Å². The molecule has 1 saturated heterocycles. The molecule has 0 aromatic rings. The highest BCUT2D eigenvalue weighted by Gasteiger charge is 2.36. The number of rotatable bonds is 4. The fraction of sp³-hybridized carbons (Fsp3) is 0.591. The van der Waals surface area contributed by atoms with E-state index in [1.807, 2.05) is 32.9 Å². The van der Waals surface area contributed by atoms with Crippen molar-refractivity contribution in [1.82, 2.24) is 9.80 Å². The highest BCUT2D eigenvalue weighted by Crippen LogP contribution is 2.29. The molecule has 152 valence electrons. The summed E-state index contributed by atoms with van der Waals surface area (Å²) in [6.07, 6.45) is 11.7. The van der Waals surface area contributed by atoms with Crippen LogP contribution in [0.25, 0.3) is 0 Å². The van der Waals surface area contributed by atoms with E-state index in [-0.39, 0.29) is 17.9 Å². The van der Waals surface area contributed by atoms with Gasteiger partial charge in [-0.15, -0.1) is 0 Å². The van der Waals surface area contributed by atoms with Crippen LogP contribution in [-0.4, -0.2) is 52.9 Å². The number of imide groups is 1. The van der Waals surface area contributed by atoms with Gasteiger partial charge < -0.3 is 9.64 Å². The second kappa shape index (κ2) is 8.33. The summed E-state index contributed by atoms with van der Waals surface area (Å²) >= 11 is 0. The highest BCUT2D eigenvalue weighted by atomic mass is 16.6. The van der Waals surface area contributed by atoms with Crippen molar-refractivity contribution in [2.24, 2.45) is 5.92 Å². The first-order valence-electron chi connectivity index (χ1n) is 10.1. The normalized spacial score (nSPS) is 21.1. The monoisotopic (exact) mass is 386 g/mol. The third-order valence-corrected chi connectivity index (χ3v) is 5.34. The van der Waals surface area contributed by atoms with Gasteiger partial charge in [0.05, 0.1) is 0 Å². The van der Waals surface area contributed by atoms with Crippen LogP contribution in [0.2, 0.25) is 0 Å². The molecule has 0 saturated carbocycles. The van der Waals surface area contributed by atoms with E-state index >= 15 is 0 Å². The molecule has 0 N–H and O–H groups in total. The van der Waals surface area contributed by atoms with Gasteiger partial charge in [-0.3, -0.25) is 14.5 Å². The zero-order chi connectivity index (χ0) is 20.3. The van der Waals surface area contributed by atoms with Crippen molar-refractivity contribution >= 4 is 17.9 Å². The Hall–Kier alpha value is -2.37. The summed E-state index contributed by atoms with van der Waals surface area (Å²) in [5.74, 6) is 0.195. The Morgan fingerprint density at radius 2 is 1.89 bits per heavy atom. The summed E-state index contributed by atoms with van der Waals surface area (Å²) in [7, 11) is 0. The maximum absolute atomic E-state index is 12.4. The molecule has 0 spiro atoms. The standard InChI is InChI=1S/C22H30N2O4/c1-22(2,3)28-21(27)23-14-11-16(12-15-23)8-6-7-13-24-19(25)17-9-4-5-10-18(17)20(24)26/h4,6-7,9,16H,5,8,10-15H2,1-3H3/b7-6+. The molecule has 3 amide bonds. The van der Waals surface area contributed by atoms with Crippen LogP contribution < -0.4 is 0 Å². The molecule has 2 aliphatic heterocycles. The minimum atomic E-state index is -0.467. The first kappa shape index (κ1) is 20.4. The summed E-state index contributed by atoms with van der Waals surface area (Å²) in [6, 6.07) is 0. The van der Waals surface area contributed by atoms with E-state index in [4.69, 9.17) is 4.74 Å². The van der Waals surface area contributed by atoms with E-state index in [2.05, 4.69) is 6.08 Å². The Morgan fingerprint density at radius 1 is 1.18 bits per heavy atom. The lowest BCUT2D eigenvalue weighted by Gasteiger charge is -2.33. The number of hydrogen-bond donors (Lipinski definition) is 0. The summed E-state index contributed by atoms with van der Waals surface area (Å²) in [5.41, 5.74) is 0.764. The minimum Gasteiger partial charge on any atom is -0.444 e. The molecule has 0 unspecified atom stereocenters. The molecule has 2 heterocycles. The Morgan fingerprint density at radius 3 is 2.54 bits per heavy atom. The number of amides is 3. The molecule has 1 aliphatic carbocycles. The van der Waals surface area contributed by atoms with Crippen LogP contribution in [0.1, 0.15) is 52.9 Å². The zero-order valence-electron chi connectivity index (χ0n) is 17.1. The molecule has 1 fully saturated rings. The van der Waals surface area contributed by atoms with Crippen molar-refractivity contribution in [3.8, 4) is 0 Å². The smallest absolute Gasteiger partial charge is 0.410 e. The van der Waals surface area contributed by atoms with Crippen molar-refractivity contribution in [2.45, 2.75) is 58.5 Å². The van der Waals surface area contributed by atoms with Crippen LogP contribution in [0.4, 0.5) is 4.79 Å². The van der Waals surface area contributed by atoms with Gasteiger partial charge in [0.15, 0.2) is 0 Å². The Bertz CT molecular complexity index is 734. The molecule has 0 radical (unpaired) electrons. The first-order valence-corrected chi connectivity index (χ1v) is 10.1. The van der Waals surface area contributed by atoms with Crippen LogP contribution in [0, 0.1) is 5.92 Å². The van der Waals surface area contributed by atoms with Gasteiger partial charge in [0.1, 0.15) is 5.60 Å². The van der Waals surface area contributed by atoms with Gasteiger partial charge in [-0.2, -0.15) is 0 Å². The molecule has 28 heavy (non-hydrogen) atoms. The fourth-order valence-electron chi connectivity index (χ4n) is 3.80. The van der Waals surface area contributed by atoms with Gasteiger partial charge in [-0.1, -0.05) is 24.3 Å². The highest BCUT2D eigenvalue weighted by molar-refractivity contribution is 6.20. The molecular formula is C22H30N2O4. The van der Waals surface area contributed by atoms with Crippen LogP contribution in [0.5, 0.6) is 0 Å². The Balaban J connectivity index is 1.41. The van der Waals surface area contributed by atoms with Crippen LogP contribution >= 0.6 is 0 Å². The number of allylic oxidation sites excluding steroid dienone is 2. The quantitative estimate of drug-likeness (QED) is 0.547. The summed E-state index contributed by atoms with van der Waals surface area (Å²) in [6.45, 7) is 7.37. The van der Waals surface area contributed by atoms with E-state index in [1.54, 1.807) is 11.0 Å². The third-order valence-electron chi connectivity index (χ3n) is 5.34. The molecule has 0 aromatic heterocycles. The third kappa shape index (κ3) is 4.72. The molecule has 6 heteroatoms. The summed E-state index contributed by atoms with van der Waals surface area (Å²) in [4.78, 5) is 40.0. The molecule has 0 atom stereocenters. The van der Waals surface area contributed by atoms with Gasteiger partial charge in [-0.05, 0) is 58.8 Å². The van der Waals surface area contributed by atoms with E-state index in [9.17, 15) is 14.4 Å². The van der Waals surface area contributed by atoms with Crippen molar-refractivity contribution in [2.75, 3.05) is 19.6 Å². The molecule has 3 aliphatic rings. The Kier molecular flexibility index (Phi) is 6.06. The van der Waals surface area contributed by atoms with Crippen molar-refractivity contribution in [1.29, 1.82) is 0 Å². The van der Waals surface area contributed by atoms with Crippen molar-refractivity contribution in [3.05, 3.63) is 35.5 Å². The lowest BCUT2D eigenvalue weighted by Crippen LogP contribution is -2.41. The largest absolute Gasteiger partial charge is 0.444 e. The molecular weight excluding hydrogens is 356 g/mol. The number of carbonyl (C=O) groups is 3. The van der Waals surface area contributed by atoms with E-state index in [0.29, 0.717) is 43.1 Å². The van der Waals surface area contributed by atoms with Crippen molar-refractivity contribution in [3.63, 3.8) is 0 Å². The zero-order valence-corrected chi connectivity index (χ0v) is 17.1. The van der Waals surface area contributed by atoms with E-state index < -0.39 is 5.60 Å². The molecule has 3 rings (SSSR count). The van der Waals surface area contributed by atoms with Gasteiger partial charge in [0.25, 0.3) is 11.8 Å².